The van der Waals surface area contributed by atoms with Crippen LogP contribution < -0.4 is 15.0 Å². The summed E-state index contributed by atoms with van der Waals surface area (Å²) < 4.78 is 5.68. The van der Waals surface area contributed by atoms with Crippen LogP contribution in [-0.4, -0.2) is 32.8 Å². The highest BCUT2D eigenvalue weighted by Crippen LogP contribution is 2.38. The molecule has 0 amide bonds. The van der Waals surface area contributed by atoms with E-state index in [1.165, 1.54) is 19.4 Å². The average molecular weight is 267 g/mol. The lowest BCUT2D eigenvalue weighted by molar-refractivity contribution is 0.296. The monoisotopic (exact) mass is 266 g/mol. The molecule has 1 atom stereocenters. The molecule has 0 aliphatic carbocycles. The molecule has 2 heterocycles. The van der Waals surface area contributed by atoms with Crippen molar-refractivity contribution in [1.29, 1.82) is 0 Å². The molecule has 0 saturated carbocycles. The third-order valence-electron chi connectivity index (χ3n) is 3.77. The van der Waals surface area contributed by atoms with Crippen molar-refractivity contribution in [2.24, 2.45) is 5.92 Å². The first-order valence-corrected chi connectivity index (χ1v) is 7.09. The molecule has 2 aliphatic heterocycles. The van der Waals surface area contributed by atoms with E-state index in [4.69, 9.17) is 16.3 Å². The number of ether oxygens (including phenoxy) is 1. The summed E-state index contributed by atoms with van der Waals surface area (Å²) in [5.41, 5.74) is 1.15. The average Bonchev–Trinajstić information content (AvgIpc) is 2.41. The second-order valence-electron chi connectivity index (χ2n) is 5.09. The van der Waals surface area contributed by atoms with Crippen molar-refractivity contribution in [2.45, 2.75) is 12.8 Å². The van der Waals surface area contributed by atoms with Gasteiger partial charge in [0.15, 0.2) is 5.75 Å². The van der Waals surface area contributed by atoms with Gasteiger partial charge in [-0.2, -0.15) is 0 Å². The first-order valence-electron chi connectivity index (χ1n) is 6.71. The molecule has 1 unspecified atom stereocenters. The van der Waals surface area contributed by atoms with Gasteiger partial charge in [-0.15, -0.1) is 0 Å². The third-order valence-corrected chi connectivity index (χ3v) is 4.07. The van der Waals surface area contributed by atoms with Gasteiger partial charge in [0.2, 0.25) is 0 Å². The van der Waals surface area contributed by atoms with Gasteiger partial charge in [0, 0.05) is 6.54 Å². The lowest BCUT2D eigenvalue weighted by atomic mass is 9.98. The second-order valence-corrected chi connectivity index (χ2v) is 5.50. The number of halogens is 1. The fourth-order valence-electron chi connectivity index (χ4n) is 2.85. The number of hydrogen-bond acceptors (Lipinski definition) is 3. The molecule has 1 N–H and O–H groups in total. The Morgan fingerprint density at radius 3 is 3.22 bits per heavy atom. The Morgan fingerprint density at radius 2 is 2.39 bits per heavy atom. The molecule has 3 rings (SSSR count). The highest BCUT2D eigenvalue weighted by molar-refractivity contribution is 6.32. The summed E-state index contributed by atoms with van der Waals surface area (Å²) in [5.74, 6) is 1.60. The van der Waals surface area contributed by atoms with Gasteiger partial charge in [-0.1, -0.05) is 17.7 Å². The molecule has 4 heteroatoms. The van der Waals surface area contributed by atoms with E-state index in [0.29, 0.717) is 0 Å². The molecular weight excluding hydrogens is 248 g/mol. The fourth-order valence-corrected chi connectivity index (χ4v) is 3.07. The lowest BCUT2D eigenvalue weighted by Crippen LogP contribution is -2.41. The van der Waals surface area contributed by atoms with E-state index in [1.54, 1.807) is 0 Å². The van der Waals surface area contributed by atoms with E-state index in [-0.39, 0.29) is 0 Å². The molecule has 0 spiro atoms. The molecule has 1 fully saturated rings. The van der Waals surface area contributed by atoms with Crippen LogP contribution in [0.15, 0.2) is 18.2 Å². The first-order chi connectivity index (χ1) is 8.84. The molecule has 1 aromatic rings. The topological polar surface area (TPSA) is 24.5 Å². The zero-order valence-corrected chi connectivity index (χ0v) is 11.2. The Balaban J connectivity index is 1.76. The number of fused-ring (bicyclic) bond motifs is 1. The van der Waals surface area contributed by atoms with Crippen molar-refractivity contribution in [3.05, 3.63) is 23.2 Å². The summed E-state index contributed by atoms with van der Waals surface area (Å²) in [6.07, 6.45) is 2.61. The standard InChI is InChI=1S/C14H19ClN2O/c15-12-4-1-5-13-14(12)18-8-7-17(13)10-11-3-2-6-16-9-11/h1,4-5,11,16H,2-3,6-10H2. The minimum Gasteiger partial charge on any atom is -0.488 e. The van der Waals surface area contributed by atoms with Gasteiger partial charge in [-0.25, -0.2) is 0 Å². The van der Waals surface area contributed by atoms with Crippen molar-refractivity contribution < 1.29 is 4.74 Å². The van der Waals surface area contributed by atoms with Crippen LogP contribution in [-0.2, 0) is 0 Å². The SMILES string of the molecule is Clc1cccc2c1OCCN2CC1CCCNC1. The maximum absolute atomic E-state index is 6.19. The smallest absolute Gasteiger partial charge is 0.161 e. The van der Waals surface area contributed by atoms with Crippen LogP contribution >= 0.6 is 11.6 Å². The Hall–Kier alpha value is -0.930. The van der Waals surface area contributed by atoms with Crippen LogP contribution in [0.4, 0.5) is 5.69 Å². The van der Waals surface area contributed by atoms with Gasteiger partial charge < -0.3 is 15.0 Å². The van der Waals surface area contributed by atoms with Crippen molar-refractivity contribution in [3.63, 3.8) is 0 Å². The quantitative estimate of drug-likeness (QED) is 0.890. The summed E-state index contributed by atoms with van der Waals surface area (Å²) >= 11 is 6.19. The van der Waals surface area contributed by atoms with Crippen LogP contribution in [0.1, 0.15) is 12.8 Å². The Morgan fingerprint density at radius 1 is 1.44 bits per heavy atom. The zero-order valence-electron chi connectivity index (χ0n) is 10.5. The zero-order chi connectivity index (χ0) is 12.4. The number of nitrogens with one attached hydrogen (secondary N) is 1. The largest absolute Gasteiger partial charge is 0.488 e. The molecule has 0 radical (unpaired) electrons. The van der Waals surface area contributed by atoms with Crippen LogP contribution in [0.2, 0.25) is 5.02 Å². The van der Waals surface area contributed by atoms with Crippen molar-refractivity contribution >= 4 is 17.3 Å². The van der Waals surface area contributed by atoms with E-state index in [9.17, 15) is 0 Å². The molecule has 18 heavy (non-hydrogen) atoms. The van der Waals surface area contributed by atoms with Crippen LogP contribution in [0.25, 0.3) is 0 Å². The number of piperidine rings is 1. The Labute approximate surface area is 113 Å². The summed E-state index contributed by atoms with van der Waals surface area (Å²) in [6, 6.07) is 6.00. The van der Waals surface area contributed by atoms with Gasteiger partial charge >= 0.3 is 0 Å². The summed E-state index contributed by atoms with van der Waals surface area (Å²) in [6.45, 7) is 5.10. The van der Waals surface area contributed by atoms with E-state index < -0.39 is 0 Å². The number of anilines is 1. The van der Waals surface area contributed by atoms with Crippen molar-refractivity contribution in [2.75, 3.05) is 37.7 Å². The Kier molecular flexibility index (Phi) is 3.62. The number of benzene rings is 1. The molecule has 1 aromatic carbocycles. The summed E-state index contributed by atoms with van der Waals surface area (Å²) in [7, 11) is 0. The summed E-state index contributed by atoms with van der Waals surface area (Å²) in [5, 5.41) is 4.20. The molecule has 2 aliphatic rings. The van der Waals surface area contributed by atoms with E-state index >= 15 is 0 Å². The minimum absolute atomic E-state index is 0.721. The van der Waals surface area contributed by atoms with Gasteiger partial charge in [0.25, 0.3) is 0 Å². The highest BCUT2D eigenvalue weighted by atomic mass is 35.5. The Bertz CT molecular complexity index is 418. The predicted octanol–water partition coefficient (Wildman–Crippen LogP) is 2.54. The van der Waals surface area contributed by atoms with E-state index in [1.807, 2.05) is 12.1 Å². The van der Waals surface area contributed by atoms with Crippen LogP contribution in [0.5, 0.6) is 5.75 Å². The molecular formula is C14H19ClN2O. The number of nitrogens with zero attached hydrogens (tertiary/aromatic N) is 1. The van der Waals surface area contributed by atoms with Gasteiger partial charge in [-0.05, 0) is 44.0 Å². The number of hydrogen-bond donors (Lipinski definition) is 1. The van der Waals surface area contributed by atoms with Crippen LogP contribution in [0.3, 0.4) is 0 Å². The van der Waals surface area contributed by atoms with E-state index in [2.05, 4.69) is 16.3 Å². The van der Waals surface area contributed by atoms with E-state index in [0.717, 1.165) is 48.6 Å². The molecule has 3 nitrogen and oxygen atoms in total. The molecule has 0 bridgehead atoms. The molecule has 0 aromatic heterocycles. The van der Waals surface area contributed by atoms with Gasteiger partial charge in [-0.3, -0.25) is 0 Å². The van der Waals surface area contributed by atoms with Gasteiger partial charge in [0.05, 0.1) is 17.3 Å². The lowest BCUT2D eigenvalue weighted by Gasteiger charge is -2.35. The van der Waals surface area contributed by atoms with Gasteiger partial charge in [0.1, 0.15) is 6.61 Å². The number of para-hydroxylation sites is 1. The fraction of sp³-hybridized carbons (Fsp3) is 0.571. The normalized spacial score (nSPS) is 23.4. The second kappa shape index (κ2) is 5.37. The maximum atomic E-state index is 6.19. The summed E-state index contributed by atoms with van der Waals surface area (Å²) in [4.78, 5) is 2.42. The van der Waals surface area contributed by atoms with Crippen molar-refractivity contribution in [3.8, 4) is 5.75 Å². The highest BCUT2D eigenvalue weighted by Gasteiger charge is 2.23. The third kappa shape index (κ3) is 2.43. The molecule has 1 saturated heterocycles. The minimum atomic E-state index is 0.721. The number of rotatable bonds is 2. The van der Waals surface area contributed by atoms with Crippen molar-refractivity contribution in [1.82, 2.24) is 5.32 Å². The van der Waals surface area contributed by atoms with Crippen LogP contribution in [0, 0.1) is 5.92 Å². The maximum Gasteiger partial charge on any atom is 0.161 e. The predicted molar refractivity (Wildman–Crippen MR) is 74.8 cm³/mol. The first kappa shape index (κ1) is 12.1. The molecule has 98 valence electrons.